The van der Waals surface area contributed by atoms with Crippen LogP contribution in [0.4, 0.5) is 10.1 Å². The highest BCUT2D eigenvalue weighted by molar-refractivity contribution is 7.99. The maximum Gasteiger partial charge on any atom is 0.315 e. The number of thioether (sulfide) groups is 1. The quantitative estimate of drug-likeness (QED) is 0.706. The highest BCUT2D eigenvalue weighted by atomic mass is 32.2. The van der Waals surface area contributed by atoms with Gasteiger partial charge in [-0.05, 0) is 36.0 Å². The number of H-pyrrole nitrogens is 2. The van der Waals surface area contributed by atoms with Gasteiger partial charge in [-0.25, -0.2) is 14.4 Å². The molecule has 1 aromatic heterocycles. The van der Waals surface area contributed by atoms with Gasteiger partial charge in [-0.15, -0.1) is 0 Å². The molecule has 3 N–H and O–H groups in total. The molecule has 0 saturated heterocycles. The van der Waals surface area contributed by atoms with E-state index in [-0.39, 0.29) is 17.3 Å². The summed E-state index contributed by atoms with van der Waals surface area (Å²) in [7, 11) is 1.61. The van der Waals surface area contributed by atoms with Crippen molar-refractivity contribution >= 4 is 34.4 Å². The Hall–Kier alpha value is -2.54. The molecule has 0 fully saturated rings. The summed E-state index contributed by atoms with van der Waals surface area (Å²) in [5.74, 6) is 0.191. The summed E-state index contributed by atoms with van der Waals surface area (Å²) in [6.07, 6.45) is 0. The maximum atomic E-state index is 13.5. The van der Waals surface area contributed by atoms with Crippen LogP contribution in [0.2, 0.25) is 0 Å². The van der Waals surface area contributed by atoms with Crippen LogP contribution in [0.3, 0.4) is 0 Å². The minimum absolute atomic E-state index is 0.161. The fourth-order valence-corrected chi connectivity index (χ4v) is 2.81. The number of imidazole rings is 1. The molecule has 0 radical (unpaired) electrons. The molecule has 1 amide bonds. The van der Waals surface area contributed by atoms with E-state index in [9.17, 15) is 9.18 Å². The van der Waals surface area contributed by atoms with Crippen molar-refractivity contribution in [2.75, 3.05) is 18.2 Å². The molecule has 0 unspecified atom stereocenters. The van der Waals surface area contributed by atoms with Gasteiger partial charge in [-0.2, -0.15) is 0 Å². The third-order valence-electron chi connectivity index (χ3n) is 3.22. The Morgan fingerprint density at radius 2 is 2.17 bits per heavy atom. The molecule has 0 aliphatic heterocycles. The third-order valence-corrected chi connectivity index (χ3v) is 4.12. The molecule has 3 rings (SSSR count). The first-order chi connectivity index (χ1) is 11.2. The number of methoxy groups -OCH3 is 1. The van der Waals surface area contributed by atoms with Crippen LogP contribution in [-0.2, 0) is 4.79 Å². The molecule has 5 nitrogen and oxygen atoms in total. The number of carbonyl (C=O) groups excluding carboxylic acids is 1. The van der Waals surface area contributed by atoms with E-state index in [0.29, 0.717) is 0 Å². The molecule has 0 aliphatic carbocycles. The smallest absolute Gasteiger partial charge is 0.315 e. The predicted octanol–water partition coefficient (Wildman–Crippen LogP) is 2.86. The molecule has 1 heterocycles. The molecule has 0 aliphatic rings. The van der Waals surface area contributed by atoms with E-state index in [2.05, 4.69) is 15.3 Å². The lowest BCUT2D eigenvalue weighted by atomic mass is 10.3. The second-order valence-electron chi connectivity index (χ2n) is 4.81. The van der Waals surface area contributed by atoms with E-state index in [4.69, 9.17) is 4.74 Å². The Morgan fingerprint density at radius 1 is 1.35 bits per heavy atom. The summed E-state index contributed by atoms with van der Waals surface area (Å²) >= 11 is 1.31. The molecular formula is C16H15FN3O2S+. The van der Waals surface area contributed by atoms with E-state index in [1.165, 1.54) is 23.9 Å². The van der Waals surface area contributed by atoms with E-state index in [0.717, 1.165) is 21.9 Å². The maximum absolute atomic E-state index is 13.5. The van der Waals surface area contributed by atoms with Crippen molar-refractivity contribution in [3.63, 3.8) is 0 Å². The molecule has 0 saturated carbocycles. The molecule has 0 spiro atoms. The van der Waals surface area contributed by atoms with Gasteiger partial charge in [0.05, 0.1) is 18.6 Å². The molecule has 7 heteroatoms. The second-order valence-corrected chi connectivity index (χ2v) is 5.79. The molecule has 0 atom stereocenters. The number of carbonyl (C=O) groups is 1. The minimum atomic E-state index is -0.449. The van der Waals surface area contributed by atoms with E-state index in [1.54, 1.807) is 19.2 Å². The zero-order valence-electron chi connectivity index (χ0n) is 12.4. The van der Waals surface area contributed by atoms with Gasteiger partial charge < -0.3 is 10.1 Å². The topological polar surface area (TPSA) is 68.3 Å². The number of benzene rings is 2. The Labute approximate surface area is 136 Å². The monoisotopic (exact) mass is 332 g/mol. The van der Waals surface area contributed by atoms with Crippen molar-refractivity contribution in [3.8, 4) is 5.75 Å². The lowest BCUT2D eigenvalue weighted by Gasteiger charge is -2.04. The summed E-state index contributed by atoms with van der Waals surface area (Å²) in [6.45, 7) is 0. The number of aromatic nitrogens is 2. The Balaban J connectivity index is 1.64. The number of hydrogen-bond donors (Lipinski definition) is 2. The van der Waals surface area contributed by atoms with E-state index < -0.39 is 5.82 Å². The Morgan fingerprint density at radius 3 is 2.96 bits per heavy atom. The zero-order valence-corrected chi connectivity index (χ0v) is 13.2. The zero-order chi connectivity index (χ0) is 16.2. The van der Waals surface area contributed by atoms with Gasteiger partial charge in [0.15, 0.2) is 11.0 Å². The summed E-state index contributed by atoms with van der Waals surface area (Å²) in [6, 6.07) is 11.7. The number of nitrogens with one attached hydrogen (secondary N) is 3. The summed E-state index contributed by atoms with van der Waals surface area (Å²) in [5.41, 5.74) is 1.99. The van der Waals surface area contributed by atoms with Crippen molar-refractivity contribution in [2.45, 2.75) is 5.16 Å². The van der Waals surface area contributed by atoms with Crippen LogP contribution in [-0.4, -0.2) is 23.8 Å². The van der Waals surface area contributed by atoms with Crippen molar-refractivity contribution < 1.29 is 18.9 Å². The number of anilines is 1. The highest BCUT2D eigenvalue weighted by Crippen LogP contribution is 2.20. The summed E-state index contributed by atoms with van der Waals surface area (Å²) in [5, 5.41) is 3.30. The molecular weight excluding hydrogens is 317 g/mol. The van der Waals surface area contributed by atoms with Gasteiger partial charge in [-0.3, -0.25) is 4.79 Å². The molecule has 23 heavy (non-hydrogen) atoms. The van der Waals surface area contributed by atoms with Crippen LogP contribution < -0.4 is 15.0 Å². The predicted molar refractivity (Wildman–Crippen MR) is 87.2 cm³/mol. The van der Waals surface area contributed by atoms with Crippen molar-refractivity contribution in [3.05, 3.63) is 48.3 Å². The minimum Gasteiger partial charge on any atom is -0.497 e. The highest BCUT2D eigenvalue weighted by Gasteiger charge is 2.14. The second kappa shape index (κ2) is 6.70. The van der Waals surface area contributed by atoms with Crippen LogP contribution >= 0.6 is 11.8 Å². The molecule has 3 aromatic rings. The van der Waals surface area contributed by atoms with Crippen LogP contribution in [0.5, 0.6) is 5.75 Å². The lowest BCUT2D eigenvalue weighted by molar-refractivity contribution is -0.396. The molecule has 118 valence electrons. The average Bonchev–Trinajstić information content (AvgIpc) is 2.97. The number of fused-ring (bicyclic) bond motifs is 1. The van der Waals surface area contributed by atoms with Gasteiger partial charge in [0, 0.05) is 6.07 Å². The van der Waals surface area contributed by atoms with Crippen molar-refractivity contribution in [1.29, 1.82) is 0 Å². The van der Waals surface area contributed by atoms with Crippen LogP contribution in [0, 0.1) is 5.82 Å². The first-order valence-corrected chi connectivity index (χ1v) is 7.90. The standard InChI is InChI=1S/C16H14FN3O2S/c1-22-10-6-7-13-14(8-10)20-16(19-13)23-9-15(21)18-12-5-3-2-4-11(12)17/h2-8H,9H2,1H3,(H,18,21)(H,19,20)/p+1. The number of rotatable bonds is 5. The van der Waals surface area contributed by atoms with Gasteiger partial charge in [0.25, 0.3) is 0 Å². The number of ether oxygens (including phenoxy) is 1. The average molecular weight is 332 g/mol. The Kier molecular flexibility index (Phi) is 4.47. The van der Waals surface area contributed by atoms with Crippen LogP contribution in [0.25, 0.3) is 11.0 Å². The number of aromatic amines is 2. The van der Waals surface area contributed by atoms with Gasteiger partial charge in [0.2, 0.25) is 5.91 Å². The fourth-order valence-electron chi connectivity index (χ4n) is 2.10. The number of halogens is 1. The fraction of sp³-hybridized carbons (Fsp3) is 0.125. The number of para-hydroxylation sites is 1. The first-order valence-electron chi connectivity index (χ1n) is 6.92. The number of hydrogen-bond acceptors (Lipinski definition) is 3. The van der Waals surface area contributed by atoms with Crippen molar-refractivity contribution in [2.24, 2.45) is 0 Å². The molecule has 0 bridgehead atoms. The van der Waals surface area contributed by atoms with Gasteiger partial charge in [0.1, 0.15) is 11.6 Å². The van der Waals surface area contributed by atoms with Crippen molar-refractivity contribution in [1.82, 2.24) is 4.98 Å². The normalized spacial score (nSPS) is 10.7. The largest absolute Gasteiger partial charge is 0.497 e. The Bertz CT molecular complexity index is 850. The summed E-state index contributed by atoms with van der Waals surface area (Å²) in [4.78, 5) is 18.3. The van der Waals surface area contributed by atoms with Gasteiger partial charge >= 0.3 is 5.16 Å². The van der Waals surface area contributed by atoms with E-state index >= 15 is 0 Å². The lowest BCUT2D eigenvalue weighted by Crippen LogP contribution is -2.16. The van der Waals surface area contributed by atoms with Crippen LogP contribution in [0.1, 0.15) is 0 Å². The SMILES string of the molecule is COc1ccc2[nH+]c(SCC(=O)Nc3ccccc3F)[nH]c2c1. The summed E-state index contributed by atoms with van der Waals surface area (Å²) < 4.78 is 18.6. The number of amides is 1. The van der Waals surface area contributed by atoms with Crippen LogP contribution in [0.15, 0.2) is 47.6 Å². The van der Waals surface area contributed by atoms with Gasteiger partial charge in [-0.1, -0.05) is 12.1 Å². The molecule has 2 aromatic carbocycles. The first kappa shape index (κ1) is 15.4. The van der Waals surface area contributed by atoms with E-state index in [1.807, 2.05) is 18.2 Å². The third kappa shape index (κ3) is 3.62.